The normalized spacial score (nSPS) is 29.9. The molecule has 1 fully saturated rings. The van der Waals surface area contributed by atoms with Crippen LogP contribution in [0.15, 0.2) is 10.5 Å². The molecule has 6 heteroatoms. The zero-order valence-corrected chi connectivity index (χ0v) is 16.5. The van der Waals surface area contributed by atoms with Crippen LogP contribution in [0.5, 0.6) is 11.5 Å². The Balaban J connectivity index is 2.08. The maximum absolute atomic E-state index is 10.3. The molecule has 3 unspecified atom stereocenters. The lowest BCUT2D eigenvalue weighted by Crippen LogP contribution is -2.44. The molecule has 0 amide bonds. The number of aromatic hydroxyl groups is 2. The predicted molar refractivity (Wildman–Crippen MR) is 105 cm³/mol. The van der Waals surface area contributed by atoms with Crippen LogP contribution in [0.4, 0.5) is 0 Å². The van der Waals surface area contributed by atoms with Crippen molar-refractivity contribution < 1.29 is 24.7 Å². The van der Waals surface area contributed by atoms with E-state index >= 15 is 0 Å². The van der Waals surface area contributed by atoms with Crippen molar-refractivity contribution in [1.29, 1.82) is 0 Å². The van der Waals surface area contributed by atoms with Gasteiger partial charge in [-0.2, -0.15) is 0 Å². The Morgan fingerprint density at radius 2 is 1.81 bits per heavy atom. The molecule has 0 spiro atoms. The van der Waals surface area contributed by atoms with Crippen LogP contribution in [0.3, 0.4) is 0 Å². The molecule has 4 N–H and O–H groups in total. The summed E-state index contributed by atoms with van der Waals surface area (Å²) in [7, 11) is -1.92. The van der Waals surface area contributed by atoms with Gasteiger partial charge in [-0.1, -0.05) is 34.1 Å². The van der Waals surface area contributed by atoms with Gasteiger partial charge >= 0.3 is 7.12 Å². The van der Waals surface area contributed by atoms with Crippen LogP contribution in [0.1, 0.15) is 77.0 Å². The van der Waals surface area contributed by atoms with Crippen molar-refractivity contribution in [2.45, 2.75) is 71.1 Å². The minimum Gasteiger partial charge on any atom is -0.504 e. The van der Waals surface area contributed by atoms with Crippen molar-refractivity contribution in [2.75, 3.05) is 0 Å². The molecule has 4 rings (SSSR count). The summed E-state index contributed by atoms with van der Waals surface area (Å²) in [5, 5.41) is 40.8. The van der Waals surface area contributed by atoms with E-state index in [1.54, 1.807) is 0 Å². The number of furan rings is 1. The summed E-state index contributed by atoms with van der Waals surface area (Å²) in [5.41, 5.74) is 1.30. The lowest BCUT2D eigenvalue weighted by molar-refractivity contribution is 0.0504. The molecule has 0 aliphatic heterocycles. The number of hydrogen-bond donors (Lipinski definition) is 4. The number of phenols is 2. The second-order valence-electron chi connectivity index (χ2n) is 9.54. The van der Waals surface area contributed by atoms with Crippen molar-refractivity contribution in [3.8, 4) is 11.5 Å². The van der Waals surface area contributed by atoms with Crippen LogP contribution >= 0.6 is 0 Å². The summed E-state index contributed by atoms with van der Waals surface area (Å²) in [4.78, 5) is 0. The van der Waals surface area contributed by atoms with Gasteiger partial charge in [-0.3, -0.25) is 0 Å². The molecule has 0 saturated heterocycles. The zero-order valence-electron chi connectivity index (χ0n) is 16.5. The van der Waals surface area contributed by atoms with E-state index in [9.17, 15) is 20.3 Å². The first kappa shape index (κ1) is 18.7. The van der Waals surface area contributed by atoms with Crippen LogP contribution in [-0.4, -0.2) is 27.4 Å². The highest BCUT2D eigenvalue weighted by Gasteiger charge is 2.51. The van der Waals surface area contributed by atoms with Crippen LogP contribution in [-0.2, 0) is 5.41 Å². The molecule has 0 bridgehead atoms. The minimum atomic E-state index is -1.92. The lowest BCUT2D eigenvalue weighted by Gasteiger charge is -2.50. The number of rotatable bonds is 1. The van der Waals surface area contributed by atoms with Gasteiger partial charge in [0.25, 0.3) is 0 Å². The summed E-state index contributed by atoms with van der Waals surface area (Å²) in [6.45, 7) is 9.13. The van der Waals surface area contributed by atoms with Crippen molar-refractivity contribution in [3.63, 3.8) is 0 Å². The Kier molecular flexibility index (Phi) is 4.10. The van der Waals surface area contributed by atoms with Gasteiger partial charge in [0.15, 0.2) is 11.5 Å². The molecule has 2 aliphatic carbocycles. The van der Waals surface area contributed by atoms with Gasteiger partial charge < -0.3 is 24.7 Å². The topological polar surface area (TPSA) is 94.1 Å². The highest BCUT2D eigenvalue weighted by molar-refractivity contribution is 6.63. The summed E-state index contributed by atoms with van der Waals surface area (Å²) in [6.07, 6.45) is 5.48. The fourth-order valence-electron chi connectivity index (χ4n) is 6.10. The van der Waals surface area contributed by atoms with Crippen LogP contribution in [0, 0.1) is 11.3 Å². The Bertz CT molecular complexity index is 900. The minimum absolute atomic E-state index is 0.117. The van der Waals surface area contributed by atoms with Gasteiger partial charge in [0, 0.05) is 16.9 Å². The Labute approximate surface area is 160 Å². The van der Waals surface area contributed by atoms with Gasteiger partial charge in [-0.05, 0) is 48.5 Å². The van der Waals surface area contributed by atoms with E-state index in [0.717, 1.165) is 37.0 Å². The second-order valence-corrected chi connectivity index (χ2v) is 9.54. The lowest BCUT2D eigenvalue weighted by atomic mass is 9.53. The van der Waals surface area contributed by atoms with Crippen molar-refractivity contribution in [2.24, 2.45) is 11.3 Å². The van der Waals surface area contributed by atoms with Crippen LogP contribution in [0.25, 0.3) is 11.0 Å². The predicted octanol–water partition coefficient (Wildman–Crippen LogP) is 3.51. The maximum Gasteiger partial charge on any atom is 0.496 e. The van der Waals surface area contributed by atoms with Crippen LogP contribution in [0.2, 0.25) is 0 Å². The molecule has 1 aromatic carbocycles. The van der Waals surface area contributed by atoms with E-state index in [2.05, 4.69) is 27.7 Å². The van der Waals surface area contributed by atoms with Gasteiger partial charge in [0.2, 0.25) is 0 Å². The molecule has 146 valence electrons. The van der Waals surface area contributed by atoms with E-state index in [4.69, 9.17) is 4.42 Å². The van der Waals surface area contributed by atoms with Gasteiger partial charge in [-0.25, -0.2) is 0 Å². The Morgan fingerprint density at radius 3 is 2.48 bits per heavy atom. The number of phenolic OH excluding ortho intramolecular Hbond substituents is 2. The highest BCUT2D eigenvalue weighted by atomic mass is 16.4. The van der Waals surface area contributed by atoms with Crippen molar-refractivity contribution in [3.05, 3.63) is 17.4 Å². The SMILES string of the molecule is CC1CCC2C(C)(C)CCCC2(C)c2c1oc1c(B(O)O)c(O)c(O)cc21. The average Bonchev–Trinajstić information content (AvgIpc) is 2.88. The number of fused-ring (bicyclic) bond motifs is 5. The maximum atomic E-state index is 10.3. The van der Waals surface area contributed by atoms with Gasteiger partial charge in [-0.15, -0.1) is 0 Å². The van der Waals surface area contributed by atoms with E-state index in [0.29, 0.717) is 11.3 Å². The molecule has 5 nitrogen and oxygen atoms in total. The van der Waals surface area contributed by atoms with Gasteiger partial charge in [0.05, 0.1) is 5.46 Å². The molecule has 3 atom stereocenters. The fraction of sp³-hybridized carbons (Fsp3) is 0.619. The van der Waals surface area contributed by atoms with Gasteiger partial charge in [0.1, 0.15) is 11.3 Å². The molecular formula is C21H29BO5. The molecule has 2 aliphatic rings. The third kappa shape index (κ3) is 2.53. The summed E-state index contributed by atoms with van der Waals surface area (Å²) >= 11 is 0. The molecule has 1 aromatic heterocycles. The summed E-state index contributed by atoms with van der Waals surface area (Å²) < 4.78 is 6.20. The van der Waals surface area contributed by atoms with Crippen molar-refractivity contribution >= 4 is 23.6 Å². The Morgan fingerprint density at radius 1 is 1.11 bits per heavy atom. The monoisotopic (exact) mass is 372 g/mol. The second kappa shape index (κ2) is 5.92. The first-order chi connectivity index (χ1) is 12.6. The van der Waals surface area contributed by atoms with E-state index in [-0.39, 0.29) is 33.5 Å². The van der Waals surface area contributed by atoms with E-state index in [1.165, 1.54) is 12.5 Å². The molecular weight excluding hydrogens is 343 g/mol. The standard InChI is InChI=1S/C21H29BO5/c1-11-6-7-14-20(2,3)8-5-9-21(14,4)15-12-10-13(23)17(24)16(22(25)26)19(12)27-18(11)15/h10-11,14,23-26H,5-9H2,1-4H3. The molecule has 0 radical (unpaired) electrons. The van der Waals surface area contributed by atoms with Crippen LogP contribution < -0.4 is 5.46 Å². The largest absolute Gasteiger partial charge is 0.504 e. The number of benzene rings is 1. The Hall–Kier alpha value is -1.66. The molecule has 1 saturated carbocycles. The van der Waals surface area contributed by atoms with Crippen molar-refractivity contribution in [1.82, 2.24) is 0 Å². The molecule has 2 aromatic rings. The van der Waals surface area contributed by atoms with E-state index in [1.807, 2.05) is 0 Å². The smallest absolute Gasteiger partial charge is 0.496 e. The third-order valence-corrected chi connectivity index (χ3v) is 7.39. The zero-order chi connectivity index (χ0) is 19.7. The summed E-state index contributed by atoms with van der Waals surface area (Å²) in [5.74, 6) is 0.654. The highest BCUT2D eigenvalue weighted by Crippen LogP contribution is 2.59. The first-order valence-electron chi connectivity index (χ1n) is 9.95. The first-order valence-corrected chi connectivity index (χ1v) is 9.95. The fourth-order valence-corrected chi connectivity index (χ4v) is 6.10. The van der Waals surface area contributed by atoms with E-state index < -0.39 is 12.9 Å². The molecule has 1 heterocycles. The average molecular weight is 372 g/mol. The quantitative estimate of drug-likeness (QED) is 0.454. The number of hydrogen-bond acceptors (Lipinski definition) is 5. The third-order valence-electron chi connectivity index (χ3n) is 7.39. The summed E-state index contributed by atoms with van der Waals surface area (Å²) in [6, 6.07) is 1.53. The molecule has 27 heavy (non-hydrogen) atoms.